The van der Waals surface area contributed by atoms with Gasteiger partial charge >= 0.3 is 0 Å². The van der Waals surface area contributed by atoms with E-state index in [9.17, 15) is 14.9 Å². The van der Waals surface area contributed by atoms with Crippen molar-refractivity contribution in [2.45, 2.75) is 12.5 Å². The standard InChI is InChI=1S/C10H10ClN3O3/c11-7-2-1-6(5-9(7)14(16)17)13-4-3-8(12)10(13)15/h1-2,5,8H,3-4,12H2. The van der Waals surface area contributed by atoms with Gasteiger partial charge in [0.25, 0.3) is 5.69 Å². The Hall–Kier alpha value is -1.66. The highest BCUT2D eigenvalue weighted by atomic mass is 35.5. The molecule has 1 fully saturated rings. The molecule has 0 radical (unpaired) electrons. The number of nitrogens with two attached hydrogens (primary N) is 1. The molecule has 1 amide bonds. The van der Waals surface area contributed by atoms with Crippen molar-refractivity contribution < 1.29 is 9.72 Å². The van der Waals surface area contributed by atoms with E-state index in [0.717, 1.165) is 0 Å². The zero-order chi connectivity index (χ0) is 12.6. The Morgan fingerprint density at radius 1 is 1.53 bits per heavy atom. The Morgan fingerprint density at radius 2 is 2.24 bits per heavy atom. The molecule has 0 aromatic heterocycles. The molecular formula is C10H10ClN3O3. The van der Waals surface area contributed by atoms with Crippen LogP contribution in [0.25, 0.3) is 0 Å². The summed E-state index contributed by atoms with van der Waals surface area (Å²) in [4.78, 5) is 23.3. The number of nitro groups is 1. The summed E-state index contributed by atoms with van der Waals surface area (Å²) in [5, 5.41) is 10.8. The third-order valence-electron chi connectivity index (χ3n) is 2.69. The third-order valence-corrected chi connectivity index (χ3v) is 3.00. The fraction of sp³-hybridized carbons (Fsp3) is 0.300. The number of carbonyl (C=O) groups excluding carboxylic acids is 1. The van der Waals surface area contributed by atoms with Gasteiger partial charge in [-0.15, -0.1) is 0 Å². The number of halogens is 1. The molecule has 1 atom stereocenters. The molecule has 1 aliphatic rings. The molecule has 1 unspecified atom stereocenters. The molecule has 90 valence electrons. The largest absolute Gasteiger partial charge is 0.320 e. The zero-order valence-electron chi connectivity index (χ0n) is 8.80. The first-order chi connectivity index (χ1) is 8.00. The molecule has 1 heterocycles. The summed E-state index contributed by atoms with van der Waals surface area (Å²) < 4.78 is 0. The normalized spacial score (nSPS) is 19.8. The van der Waals surface area contributed by atoms with Crippen molar-refractivity contribution in [2.75, 3.05) is 11.4 Å². The first-order valence-electron chi connectivity index (χ1n) is 5.01. The molecule has 17 heavy (non-hydrogen) atoms. The van der Waals surface area contributed by atoms with Crippen molar-refractivity contribution in [1.29, 1.82) is 0 Å². The van der Waals surface area contributed by atoms with Crippen LogP contribution in [-0.2, 0) is 4.79 Å². The van der Waals surface area contributed by atoms with Crippen molar-refractivity contribution >= 4 is 28.9 Å². The summed E-state index contributed by atoms with van der Waals surface area (Å²) >= 11 is 5.69. The molecule has 2 rings (SSSR count). The molecule has 7 heteroatoms. The lowest BCUT2D eigenvalue weighted by Crippen LogP contribution is -2.33. The van der Waals surface area contributed by atoms with Crippen LogP contribution < -0.4 is 10.6 Å². The van der Waals surface area contributed by atoms with E-state index >= 15 is 0 Å². The van der Waals surface area contributed by atoms with Crippen molar-refractivity contribution in [1.82, 2.24) is 0 Å². The maximum atomic E-state index is 11.7. The maximum absolute atomic E-state index is 11.7. The van der Waals surface area contributed by atoms with E-state index in [4.69, 9.17) is 17.3 Å². The smallest absolute Gasteiger partial charge is 0.289 e. The first-order valence-corrected chi connectivity index (χ1v) is 5.39. The molecule has 1 saturated heterocycles. The van der Waals surface area contributed by atoms with Gasteiger partial charge in [-0.25, -0.2) is 0 Å². The number of hydrogen-bond acceptors (Lipinski definition) is 4. The van der Waals surface area contributed by atoms with Gasteiger partial charge in [-0.1, -0.05) is 11.6 Å². The highest BCUT2D eigenvalue weighted by Gasteiger charge is 2.30. The van der Waals surface area contributed by atoms with Crippen LogP contribution in [0.1, 0.15) is 6.42 Å². The van der Waals surface area contributed by atoms with Crippen LogP contribution in [0.3, 0.4) is 0 Å². The lowest BCUT2D eigenvalue weighted by Gasteiger charge is -2.15. The second-order valence-corrected chi connectivity index (χ2v) is 4.19. The SMILES string of the molecule is NC1CCN(c2ccc(Cl)c([N+](=O)[O-])c2)C1=O. The average Bonchev–Trinajstić information content (AvgIpc) is 2.60. The summed E-state index contributed by atoms with van der Waals surface area (Å²) in [7, 11) is 0. The number of hydrogen-bond donors (Lipinski definition) is 1. The number of rotatable bonds is 2. The summed E-state index contributed by atoms with van der Waals surface area (Å²) in [5.41, 5.74) is 5.83. The second-order valence-electron chi connectivity index (χ2n) is 3.78. The van der Waals surface area contributed by atoms with Gasteiger partial charge in [0.2, 0.25) is 5.91 Å². The van der Waals surface area contributed by atoms with E-state index in [0.29, 0.717) is 18.7 Å². The number of nitrogens with zero attached hydrogens (tertiary/aromatic N) is 2. The molecule has 0 saturated carbocycles. The van der Waals surface area contributed by atoms with Gasteiger partial charge in [-0.3, -0.25) is 14.9 Å². The molecule has 6 nitrogen and oxygen atoms in total. The average molecular weight is 256 g/mol. The van der Waals surface area contributed by atoms with Gasteiger partial charge in [0.05, 0.1) is 16.7 Å². The number of anilines is 1. The quantitative estimate of drug-likeness (QED) is 0.637. The lowest BCUT2D eigenvalue weighted by molar-refractivity contribution is -0.384. The molecular weight excluding hydrogens is 246 g/mol. The predicted octanol–water partition coefficient (Wildman–Crippen LogP) is 1.31. The van der Waals surface area contributed by atoms with E-state index in [2.05, 4.69) is 0 Å². The van der Waals surface area contributed by atoms with Crippen molar-refractivity contribution in [3.05, 3.63) is 33.3 Å². The minimum atomic E-state index is -0.577. The van der Waals surface area contributed by atoms with Crippen LogP contribution in [0.5, 0.6) is 0 Å². The number of amides is 1. The molecule has 1 aliphatic heterocycles. The highest BCUT2D eigenvalue weighted by molar-refractivity contribution is 6.32. The number of nitro benzene ring substituents is 1. The highest BCUT2D eigenvalue weighted by Crippen LogP contribution is 2.30. The van der Waals surface area contributed by atoms with Crippen LogP contribution in [0.15, 0.2) is 18.2 Å². The summed E-state index contributed by atoms with van der Waals surface area (Å²) in [5.74, 6) is -0.221. The van der Waals surface area contributed by atoms with Gasteiger partial charge in [-0.05, 0) is 18.6 Å². The molecule has 2 N–H and O–H groups in total. The van der Waals surface area contributed by atoms with E-state index < -0.39 is 11.0 Å². The molecule has 0 bridgehead atoms. The number of carbonyl (C=O) groups is 1. The zero-order valence-corrected chi connectivity index (χ0v) is 9.55. The minimum absolute atomic E-state index is 0.0506. The third kappa shape index (κ3) is 2.09. The van der Waals surface area contributed by atoms with E-state index in [1.54, 1.807) is 6.07 Å². The second kappa shape index (κ2) is 4.31. The van der Waals surface area contributed by atoms with Crippen LogP contribution in [0.4, 0.5) is 11.4 Å². The monoisotopic (exact) mass is 255 g/mol. The summed E-state index contributed by atoms with van der Waals surface area (Å²) in [6.45, 7) is 0.471. The van der Waals surface area contributed by atoms with Gasteiger partial charge in [-0.2, -0.15) is 0 Å². The summed E-state index contributed by atoms with van der Waals surface area (Å²) in [6.07, 6.45) is 0.551. The van der Waals surface area contributed by atoms with Crippen LogP contribution in [0.2, 0.25) is 5.02 Å². The fourth-order valence-electron chi connectivity index (χ4n) is 1.77. The van der Waals surface area contributed by atoms with E-state index in [-0.39, 0.29) is 16.6 Å². The van der Waals surface area contributed by atoms with Crippen LogP contribution in [-0.4, -0.2) is 23.4 Å². The van der Waals surface area contributed by atoms with Gasteiger partial charge < -0.3 is 10.6 Å². The summed E-state index contributed by atoms with van der Waals surface area (Å²) in [6, 6.07) is 3.75. The topological polar surface area (TPSA) is 89.5 Å². The Labute approximate surface area is 102 Å². The Bertz CT molecular complexity index is 492. The Balaban J connectivity index is 2.37. The van der Waals surface area contributed by atoms with Crippen LogP contribution >= 0.6 is 11.6 Å². The van der Waals surface area contributed by atoms with Crippen molar-refractivity contribution in [3.63, 3.8) is 0 Å². The van der Waals surface area contributed by atoms with Crippen molar-refractivity contribution in [2.24, 2.45) is 5.73 Å². The first kappa shape index (κ1) is 11.8. The van der Waals surface area contributed by atoms with E-state index in [1.807, 2.05) is 0 Å². The van der Waals surface area contributed by atoms with Crippen molar-refractivity contribution in [3.8, 4) is 0 Å². The minimum Gasteiger partial charge on any atom is -0.320 e. The molecule has 1 aromatic carbocycles. The van der Waals surface area contributed by atoms with Gasteiger partial charge in [0.1, 0.15) is 5.02 Å². The lowest BCUT2D eigenvalue weighted by atomic mass is 10.2. The predicted molar refractivity (Wildman–Crippen MR) is 63.1 cm³/mol. The number of benzene rings is 1. The van der Waals surface area contributed by atoms with Gasteiger partial charge in [0.15, 0.2) is 0 Å². The fourth-order valence-corrected chi connectivity index (χ4v) is 1.95. The molecule has 1 aromatic rings. The molecule has 0 aliphatic carbocycles. The Kier molecular flexibility index (Phi) is 2.99. The maximum Gasteiger partial charge on any atom is 0.289 e. The molecule has 0 spiro atoms. The Morgan fingerprint density at radius 3 is 2.76 bits per heavy atom. The van der Waals surface area contributed by atoms with E-state index in [1.165, 1.54) is 17.0 Å². The van der Waals surface area contributed by atoms with Gasteiger partial charge in [0, 0.05) is 12.6 Å². The van der Waals surface area contributed by atoms with Crippen LogP contribution in [0, 0.1) is 10.1 Å².